The minimum absolute atomic E-state index is 0.112. The van der Waals surface area contributed by atoms with E-state index in [2.05, 4.69) is 17.2 Å². The zero-order valence-corrected chi connectivity index (χ0v) is 15.8. The number of imidazole rings is 1. The maximum Gasteiger partial charge on any atom is 0.230 e. The van der Waals surface area contributed by atoms with E-state index in [-0.39, 0.29) is 12.3 Å². The molecule has 0 spiro atoms. The molecule has 0 atom stereocenters. The standard InChI is InChI=1S/C19H23N3O3S/c1-3-8-24-16-6-5-14(11-17(16)25-9-4-2)20-18(23)12-15-13-22-7-10-26-19(22)21-15/h5-7,10-11,13H,3-4,8-9,12H2,1-2H3,(H,20,23). The number of rotatable bonds is 9. The van der Waals surface area contributed by atoms with Gasteiger partial charge in [-0.05, 0) is 25.0 Å². The number of nitrogens with one attached hydrogen (secondary N) is 1. The minimum Gasteiger partial charge on any atom is -0.490 e. The summed E-state index contributed by atoms with van der Waals surface area (Å²) < 4.78 is 13.4. The van der Waals surface area contributed by atoms with E-state index < -0.39 is 0 Å². The largest absolute Gasteiger partial charge is 0.490 e. The number of nitrogens with zero attached hydrogens (tertiary/aromatic N) is 2. The van der Waals surface area contributed by atoms with E-state index in [1.54, 1.807) is 11.3 Å². The van der Waals surface area contributed by atoms with Crippen LogP contribution in [0, 0.1) is 0 Å². The predicted octanol–water partition coefficient (Wildman–Crippen LogP) is 4.15. The molecule has 138 valence electrons. The molecule has 0 saturated heterocycles. The van der Waals surface area contributed by atoms with Crippen LogP contribution in [0.4, 0.5) is 5.69 Å². The molecule has 3 aromatic rings. The van der Waals surface area contributed by atoms with Gasteiger partial charge in [-0.25, -0.2) is 4.98 Å². The molecule has 26 heavy (non-hydrogen) atoms. The predicted molar refractivity (Wildman–Crippen MR) is 103 cm³/mol. The first-order valence-electron chi connectivity index (χ1n) is 8.80. The van der Waals surface area contributed by atoms with Crippen LogP contribution in [0.1, 0.15) is 32.4 Å². The monoisotopic (exact) mass is 373 g/mol. The molecule has 0 unspecified atom stereocenters. The number of hydrogen-bond acceptors (Lipinski definition) is 5. The molecule has 0 aliphatic heterocycles. The summed E-state index contributed by atoms with van der Waals surface area (Å²) >= 11 is 1.55. The van der Waals surface area contributed by atoms with E-state index in [0.29, 0.717) is 30.4 Å². The highest BCUT2D eigenvalue weighted by Crippen LogP contribution is 2.31. The highest BCUT2D eigenvalue weighted by Gasteiger charge is 2.11. The Balaban J connectivity index is 1.67. The first kappa shape index (κ1) is 18.3. The molecule has 0 bridgehead atoms. The highest BCUT2D eigenvalue weighted by molar-refractivity contribution is 7.15. The van der Waals surface area contributed by atoms with Crippen LogP contribution in [0.3, 0.4) is 0 Å². The molecule has 1 N–H and O–H groups in total. The van der Waals surface area contributed by atoms with Crippen LogP contribution in [0.2, 0.25) is 0 Å². The average molecular weight is 373 g/mol. The Bertz CT molecular complexity index is 843. The van der Waals surface area contributed by atoms with Gasteiger partial charge in [0.1, 0.15) is 0 Å². The third-order valence-electron chi connectivity index (χ3n) is 3.64. The van der Waals surface area contributed by atoms with Gasteiger partial charge in [-0.2, -0.15) is 0 Å². The van der Waals surface area contributed by atoms with Gasteiger partial charge in [-0.15, -0.1) is 11.3 Å². The summed E-state index contributed by atoms with van der Waals surface area (Å²) in [7, 11) is 0. The number of amides is 1. The van der Waals surface area contributed by atoms with Crippen LogP contribution >= 0.6 is 11.3 Å². The van der Waals surface area contributed by atoms with Crippen molar-refractivity contribution < 1.29 is 14.3 Å². The molecule has 0 fully saturated rings. The molecule has 7 heteroatoms. The number of hydrogen-bond donors (Lipinski definition) is 1. The quantitative estimate of drug-likeness (QED) is 0.612. The second-order valence-electron chi connectivity index (χ2n) is 5.91. The Kier molecular flexibility index (Phi) is 6.12. The summed E-state index contributed by atoms with van der Waals surface area (Å²) in [5.41, 5.74) is 1.44. The van der Waals surface area contributed by atoms with Crippen molar-refractivity contribution in [2.45, 2.75) is 33.1 Å². The molecule has 2 heterocycles. The zero-order valence-electron chi connectivity index (χ0n) is 15.0. The Morgan fingerprint density at radius 3 is 2.69 bits per heavy atom. The van der Waals surface area contributed by atoms with Crippen molar-refractivity contribution in [3.63, 3.8) is 0 Å². The van der Waals surface area contributed by atoms with Gasteiger partial charge >= 0.3 is 0 Å². The van der Waals surface area contributed by atoms with Crippen LogP contribution in [0.5, 0.6) is 11.5 Å². The van der Waals surface area contributed by atoms with E-state index >= 15 is 0 Å². The van der Waals surface area contributed by atoms with E-state index in [1.807, 2.05) is 47.3 Å². The normalized spacial score (nSPS) is 10.8. The number of benzene rings is 1. The molecule has 0 aliphatic carbocycles. The van der Waals surface area contributed by atoms with Crippen molar-refractivity contribution in [2.75, 3.05) is 18.5 Å². The first-order chi connectivity index (χ1) is 12.7. The minimum atomic E-state index is -0.112. The number of aromatic nitrogens is 2. The van der Waals surface area contributed by atoms with Gasteiger partial charge in [-0.1, -0.05) is 13.8 Å². The molecule has 0 saturated carbocycles. The fraction of sp³-hybridized carbons (Fsp3) is 0.368. The number of carbonyl (C=O) groups excluding carboxylic acids is 1. The molecule has 0 radical (unpaired) electrons. The number of carbonyl (C=O) groups is 1. The lowest BCUT2D eigenvalue weighted by Gasteiger charge is -2.14. The lowest BCUT2D eigenvalue weighted by Crippen LogP contribution is -2.14. The van der Waals surface area contributed by atoms with Crippen molar-refractivity contribution in [1.82, 2.24) is 9.38 Å². The van der Waals surface area contributed by atoms with E-state index in [4.69, 9.17) is 9.47 Å². The number of fused-ring (bicyclic) bond motifs is 1. The Hall–Kier alpha value is -2.54. The fourth-order valence-electron chi connectivity index (χ4n) is 2.47. The second kappa shape index (κ2) is 8.71. The maximum absolute atomic E-state index is 12.3. The number of ether oxygens (including phenoxy) is 2. The van der Waals surface area contributed by atoms with Gasteiger partial charge in [0.25, 0.3) is 0 Å². The lowest BCUT2D eigenvalue weighted by atomic mass is 10.2. The van der Waals surface area contributed by atoms with Crippen LogP contribution in [-0.4, -0.2) is 28.5 Å². The van der Waals surface area contributed by atoms with Crippen molar-refractivity contribution in [1.29, 1.82) is 0 Å². The molecular weight excluding hydrogens is 350 g/mol. The van der Waals surface area contributed by atoms with Gasteiger partial charge in [0, 0.05) is 29.5 Å². The topological polar surface area (TPSA) is 64.9 Å². The van der Waals surface area contributed by atoms with E-state index in [9.17, 15) is 4.79 Å². The van der Waals surface area contributed by atoms with Gasteiger partial charge < -0.3 is 14.8 Å². The highest BCUT2D eigenvalue weighted by atomic mass is 32.1. The summed E-state index contributed by atoms with van der Waals surface area (Å²) in [5.74, 6) is 1.24. The maximum atomic E-state index is 12.3. The van der Waals surface area contributed by atoms with Gasteiger partial charge in [-0.3, -0.25) is 9.20 Å². The molecule has 6 nitrogen and oxygen atoms in total. The van der Waals surface area contributed by atoms with Crippen molar-refractivity contribution in [3.05, 3.63) is 41.7 Å². The van der Waals surface area contributed by atoms with Crippen LogP contribution in [-0.2, 0) is 11.2 Å². The zero-order chi connectivity index (χ0) is 18.4. The molecule has 1 aromatic carbocycles. The average Bonchev–Trinajstić information content (AvgIpc) is 3.20. The molecule has 1 amide bonds. The third kappa shape index (κ3) is 4.54. The lowest BCUT2D eigenvalue weighted by molar-refractivity contribution is -0.115. The van der Waals surface area contributed by atoms with Gasteiger partial charge in [0.2, 0.25) is 5.91 Å². The third-order valence-corrected chi connectivity index (χ3v) is 4.41. The summed E-state index contributed by atoms with van der Waals surface area (Å²) in [6.45, 7) is 5.34. The van der Waals surface area contributed by atoms with Crippen LogP contribution in [0.15, 0.2) is 36.0 Å². The van der Waals surface area contributed by atoms with Crippen molar-refractivity contribution >= 4 is 27.9 Å². The summed E-state index contributed by atoms with van der Waals surface area (Å²) in [4.78, 5) is 17.7. The SMILES string of the molecule is CCCOc1ccc(NC(=O)Cc2cn3ccsc3n2)cc1OCCC. The smallest absolute Gasteiger partial charge is 0.230 e. The Labute approximate surface area is 156 Å². The molecule has 0 aliphatic rings. The number of anilines is 1. The fourth-order valence-corrected chi connectivity index (χ4v) is 3.19. The van der Waals surface area contributed by atoms with E-state index in [0.717, 1.165) is 23.5 Å². The first-order valence-corrected chi connectivity index (χ1v) is 9.68. The van der Waals surface area contributed by atoms with Crippen LogP contribution in [0.25, 0.3) is 4.96 Å². The summed E-state index contributed by atoms with van der Waals surface area (Å²) in [6, 6.07) is 5.47. The Morgan fingerprint density at radius 1 is 1.19 bits per heavy atom. The second-order valence-corrected chi connectivity index (χ2v) is 6.78. The molecule has 2 aromatic heterocycles. The Morgan fingerprint density at radius 2 is 1.96 bits per heavy atom. The molecular formula is C19H23N3O3S. The van der Waals surface area contributed by atoms with Gasteiger partial charge in [0.15, 0.2) is 16.5 Å². The number of thiazole rings is 1. The summed E-state index contributed by atoms with van der Waals surface area (Å²) in [6.07, 6.45) is 5.87. The summed E-state index contributed by atoms with van der Waals surface area (Å²) in [5, 5.41) is 4.87. The van der Waals surface area contributed by atoms with Crippen molar-refractivity contribution in [2.24, 2.45) is 0 Å². The van der Waals surface area contributed by atoms with E-state index in [1.165, 1.54) is 0 Å². The van der Waals surface area contributed by atoms with Gasteiger partial charge in [0.05, 0.1) is 25.3 Å². The van der Waals surface area contributed by atoms with Crippen LogP contribution < -0.4 is 14.8 Å². The molecule has 3 rings (SSSR count). The van der Waals surface area contributed by atoms with Crippen molar-refractivity contribution in [3.8, 4) is 11.5 Å².